The van der Waals surface area contributed by atoms with Crippen molar-refractivity contribution in [2.75, 3.05) is 6.61 Å². The summed E-state index contributed by atoms with van der Waals surface area (Å²) in [6.07, 6.45) is 9.64. The predicted octanol–water partition coefficient (Wildman–Crippen LogP) is 3.62. The molecule has 1 saturated heterocycles. The Morgan fingerprint density at radius 1 is 1.44 bits per heavy atom. The number of carboxylic acids is 1. The molecular weight excluding hydrogens is 228 g/mol. The van der Waals surface area contributed by atoms with Crippen LogP contribution in [0.3, 0.4) is 0 Å². The normalized spacial score (nSPS) is 36.1. The largest absolute Gasteiger partial charge is 0.481 e. The van der Waals surface area contributed by atoms with Crippen molar-refractivity contribution in [1.29, 1.82) is 0 Å². The summed E-state index contributed by atoms with van der Waals surface area (Å²) in [5.74, 6) is 0.0645. The van der Waals surface area contributed by atoms with Gasteiger partial charge in [0.1, 0.15) is 0 Å². The van der Waals surface area contributed by atoms with Crippen molar-refractivity contribution >= 4 is 5.97 Å². The minimum Gasteiger partial charge on any atom is -0.481 e. The van der Waals surface area contributed by atoms with Gasteiger partial charge >= 0.3 is 5.97 Å². The molecule has 1 saturated carbocycles. The van der Waals surface area contributed by atoms with E-state index in [1.807, 2.05) is 0 Å². The van der Waals surface area contributed by atoms with Crippen LogP contribution in [0.1, 0.15) is 64.7 Å². The monoisotopic (exact) mass is 254 g/mol. The van der Waals surface area contributed by atoms with Gasteiger partial charge < -0.3 is 9.84 Å². The number of aliphatic carboxylic acids is 1. The number of hydrogen-bond acceptors (Lipinski definition) is 2. The molecule has 3 unspecified atom stereocenters. The lowest BCUT2D eigenvalue weighted by Crippen LogP contribution is -2.28. The fourth-order valence-corrected chi connectivity index (χ4v) is 3.65. The average molecular weight is 254 g/mol. The van der Waals surface area contributed by atoms with Gasteiger partial charge in [0, 0.05) is 6.61 Å². The number of carboxylic acid groups (broad SMARTS) is 1. The third-order valence-corrected chi connectivity index (χ3v) is 4.95. The Hall–Kier alpha value is -0.570. The molecule has 1 heterocycles. The van der Waals surface area contributed by atoms with Crippen molar-refractivity contribution in [2.45, 2.75) is 70.8 Å². The van der Waals surface area contributed by atoms with E-state index in [0.717, 1.165) is 58.0 Å². The molecule has 0 spiro atoms. The molecule has 2 fully saturated rings. The van der Waals surface area contributed by atoms with Crippen LogP contribution in [0.15, 0.2) is 0 Å². The highest BCUT2D eigenvalue weighted by atomic mass is 16.5. The Morgan fingerprint density at radius 3 is 2.83 bits per heavy atom. The van der Waals surface area contributed by atoms with Crippen LogP contribution in [-0.2, 0) is 9.53 Å². The molecular formula is C15H26O3. The minimum atomic E-state index is -0.564. The zero-order valence-corrected chi connectivity index (χ0v) is 11.5. The van der Waals surface area contributed by atoms with Crippen LogP contribution >= 0.6 is 0 Å². The smallest absolute Gasteiger partial charge is 0.309 e. The van der Waals surface area contributed by atoms with Crippen LogP contribution in [-0.4, -0.2) is 23.8 Å². The number of hydrogen-bond donors (Lipinski definition) is 1. The zero-order valence-electron chi connectivity index (χ0n) is 11.5. The van der Waals surface area contributed by atoms with Gasteiger partial charge in [-0.2, -0.15) is 0 Å². The summed E-state index contributed by atoms with van der Waals surface area (Å²) in [5.41, 5.74) is -0.417. The lowest BCUT2D eigenvalue weighted by Gasteiger charge is -2.25. The summed E-state index contributed by atoms with van der Waals surface area (Å²) >= 11 is 0. The van der Waals surface area contributed by atoms with E-state index >= 15 is 0 Å². The molecule has 0 bridgehead atoms. The molecule has 0 aromatic carbocycles. The number of ether oxygens (including phenoxy) is 1. The lowest BCUT2D eigenvalue weighted by molar-refractivity contribution is -0.149. The first-order valence-corrected chi connectivity index (χ1v) is 7.51. The molecule has 2 aliphatic rings. The first-order chi connectivity index (χ1) is 8.66. The molecule has 0 aromatic heterocycles. The van der Waals surface area contributed by atoms with E-state index in [2.05, 4.69) is 6.92 Å². The fraction of sp³-hybridized carbons (Fsp3) is 0.933. The molecule has 1 aliphatic carbocycles. The zero-order chi connectivity index (χ0) is 13.0. The Bertz CT molecular complexity index is 283. The maximum absolute atomic E-state index is 11.6. The van der Waals surface area contributed by atoms with Crippen molar-refractivity contribution in [2.24, 2.45) is 11.3 Å². The highest BCUT2D eigenvalue weighted by Gasteiger charge is 2.44. The van der Waals surface area contributed by atoms with Gasteiger partial charge in [-0.05, 0) is 57.3 Å². The van der Waals surface area contributed by atoms with Gasteiger partial charge in [0.2, 0.25) is 0 Å². The molecule has 0 amide bonds. The van der Waals surface area contributed by atoms with E-state index in [1.54, 1.807) is 0 Å². The summed E-state index contributed by atoms with van der Waals surface area (Å²) in [7, 11) is 0. The van der Waals surface area contributed by atoms with Gasteiger partial charge in [-0.15, -0.1) is 0 Å². The fourth-order valence-electron chi connectivity index (χ4n) is 3.65. The van der Waals surface area contributed by atoms with Crippen molar-refractivity contribution in [3.8, 4) is 0 Å². The lowest BCUT2D eigenvalue weighted by atomic mass is 9.80. The Kier molecular flexibility index (Phi) is 4.66. The van der Waals surface area contributed by atoms with E-state index in [-0.39, 0.29) is 0 Å². The van der Waals surface area contributed by atoms with Crippen molar-refractivity contribution < 1.29 is 14.6 Å². The second-order valence-corrected chi connectivity index (χ2v) is 6.13. The van der Waals surface area contributed by atoms with E-state index in [9.17, 15) is 9.90 Å². The van der Waals surface area contributed by atoms with E-state index in [1.165, 1.54) is 6.42 Å². The highest BCUT2D eigenvalue weighted by Crippen LogP contribution is 2.47. The van der Waals surface area contributed by atoms with Gasteiger partial charge in [-0.1, -0.05) is 13.3 Å². The summed E-state index contributed by atoms with van der Waals surface area (Å²) in [6.45, 7) is 3.07. The van der Waals surface area contributed by atoms with Crippen LogP contribution in [0.5, 0.6) is 0 Å². The van der Waals surface area contributed by atoms with Crippen LogP contribution in [0, 0.1) is 11.3 Å². The van der Waals surface area contributed by atoms with Crippen molar-refractivity contribution in [3.05, 3.63) is 0 Å². The molecule has 18 heavy (non-hydrogen) atoms. The Balaban J connectivity index is 1.81. The first-order valence-electron chi connectivity index (χ1n) is 7.51. The SMILES string of the molecule is CCC1CCC(CCCC2CCCO2)(C(=O)O)C1. The van der Waals surface area contributed by atoms with Crippen molar-refractivity contribution in [3.63, 3.8) is 0 Å². The summed E-state index contributed by atoms with van der Waals surface area (Å²) in [5, 5.41) is 9.54. The van der Waals surface area contributed by atoms with Gasteiger partial charge in [-0.3, -0.25) is 4.79 Å². The van der Waals surface area contributed by atoms with Crippen LogP contribution in [0.25, 0.3) is 0 Å². The molecule has 3 heteroatoms. The third kappa shape index (κ3) is 3.05. The van der Waals surface area contributed by atoms with Gasteiger partial charge in [0.05, 0.1) is 11.5 Å². The van der Waals surface area contributed by atoms with Crippen molar-refractivity contribution in [1.82, 2.24) is 0 Å². The molecule has 1 N–H and O–H groups in total. The molecule has 104 valence electrons. The van der Waals surface area contributed by atoms with Gasteiger partial charge in [-0.25, -0.2) is 0 Å². The van der Waals surface area contributed by atoms with E-state index in [0.29, 0.717) is 12.0 Å². The number of carbonyl (C=O) groups is 1. The highest BCUT2D eigenvalue weighted by molar-refractivity contribution is 5.75. The maximum Gasteiger partial charge on any atom is 0.309 e. The molecule has 3 nitrogen and oxygen atoms in total. The maximum atomic E-state index is 11.6. The summed E-state index contributed by atoms with van der Waals surface area (Å²) in [4.78, 5) is 11.6. The summed E-state index contributed by atoms with van der Waals surface area (Å²) < 4.78 is 5.61. The number of rotatable bonds is 6. The predicted molar refractivity (Wildman–Crippen MR) is 70.5 cm³/mol. The Morgan fingerprint density at radius 2 is 2.28 bits per heavy atom. The van der Waals surface area contributed by atoms with Crippen LogP contribution in [0.2, 0.25) is 0 Å². The third-order valence-electron chi connectivity index (χ3n) is 4.95. The van der Waals surface area contributed by atoms with Crippen LogP contribution in [0.4, 0.5) is 0 Å². The molecule has 0 radical (unpaired) electrons. The van der Waals surface area contributed by atoms with E-state index < -0.39 is 11.4 Å². The quantitative estimate of drug-likeness (QED) is 0.787. The second-order valence-electron chi connectivity index (χ2n) is 6.13. The standard InChI is InChI=1S/C15H26O3/c1-2-12-7-9-15(11-12,14(16)17)8-3-5-13-6-4-10-18-13/h12-13H,2-11H2,1H3,(H,16,17). The molecule has 1 aliphatic heterocycles. The second kappa shape index (κ2) is 6.05. The van der Waals surface area contributed by atoms with Gasteiger partial charge in [0.15, 0.2) is 0 Å². The van der Waals surface area contributed by atoms with Gasteiger partial charge in [0.25, 0.3) is 0 Å². The first kappa shape index (κ1) is 13.9. The topological polar surface area (TPSA) is 46.5 Å². The minimum absolute atomic E-state index is 0.402. The molecule has 3 atom stereocenters. The van der Waals surface area contributed by atoms with E-state index in [4.69, 9.17) is 4.74 Å². The molecule has 0 aromatic rings. The average Bonchev–Trinajstić information content (AvgIpc) is 2.98. The Labute approximate surface area is 110 Å². The summed E-state index contributed by atoms with van der Waals surface area (Å²) in [6, 6.07) is 0. The molecule has 2 rings (SSSR count). The van der Waals surface area contributed by atoms with Crippen LogP contribution < -0.4 is 0 Å².